The van der Waals surface area contributed by atoms with Crippen molar-refractivity contribution in [2.45, 2.75) is 12.6 Å². The first kappa shape index (κ1) is 21.7. The summed E-state index contributed by atoms with van der Waals surface area (Å²) in [6, 6.07) is 22.6. The van der Waals surface area contributed by atoms with Crippen molar-refractivity contribution in [3.8, 4) is 11.6 Å². The zero-order valence-electron chi connectivity index (χ0n) is 18.2. The van der Waals surface area contributed by atoms with E-state index in [1.807, 2.05) is 24.3 Å². The van der Waals surface area contributed by atoms with Gasteiger partial charge in [-0.15, -0.1) is 11.3 Å². The molecule has 2 aromatic heterocycles. The first-order chi connectivity index (χ1) is 16.2. The van der Waals surface area contributed by atoms with E-state index in [-0.39, 0.29) is 6.04 Å². The van der Waals surface area contributed by atoms with Crippen LogP contribution in [-0.2, 0) is 11.4 Å². The van der Waals surface area contributed by atoms with Gasteiger partial charge in [-0.3, -0.25) is 0 Å². The van der Waals surface area contributed by atoms with Crippen LogP contribution in [0.1, 0.15) is 22.2 Å². The van der Waals surface area contributed by atoms with Crippen LogP contribution in [0.2, 0.25) is 0 Å². The van der Waals surface area contributed by atoms with Crippen LogP contribution in [0.4, 0.5) is 0 Å². The number of oxime groups is 1. The van der Waals surface area contributed by atoms with Crippen LogP contribution in [0.3, 0.4) is 0 Å². The van der Waals surface area contributed by atoms with Gasteiger partial charge in [-0.1, -0.05) is 35.5 Å². The van der Waals surface area contributed by atoms with Crippen LogP contribution >= 0.6 is 27.3 Å². The molecule has 0 fully saturated rings. The Labute approximate surface area is 204 Å². The minimum Gasteiger partial charge on any atom is -0.497 e. The SMILES string of the molecule is COc1ccc(CN2C(c3ccc(Br)c(OC)n3)=NOC[C@@H]2c2cc3ccccc3s2)cc1. The van der Waals surface area contributed by atoms with Gasteiger partial charge in [0.05, 0.1) is 18.7 Å². The van der Waals surface area contributed by atoms with Gasteiger partial charge in [0.2, 0.25) is 5.88 Å². The molecule has 168 valence electrons. The number of methoxy groups -OCH3 is 2. The number of hydrogen-bond donors (Lipinski definition) is 0. The molecule has 1 atom stereocenters. The lowest BCUT2D eigenvalue weighted by Gasteiger charge is -2.35. The van der Waals surface area contributed by atoms with E-state index < -0.39 is 0 Å². The maximum absolute atomic E-state index is 5.75. The Balaban J connectivity index is 1.56. The monoisotopic (exact) mass is 523 g/mol. The Morgan fingerprint density at radius 3 is 2.64 bits per heavy atom. The second-order valence-corrected chi connectivity index (χ2v) is 9.55. The molecule has 1 aliphatic rings. The second-order valence-electron chi connectivity index (χ2n) is 7.58. The fourth-order valence-corrected chi connectivity index (χ4v) is 5.40. The molecule has 0 spiro atoms. The summed E-state index contributed by atoms with van der Waals surface area (Å²) in [4.78, 5) is 13.9. The largest absolute Gasteiger partial charge is 0.497 e. The number of rotatable bonds is 6. The van der Waals surface area contributed by atoms with E-state index in [0.717, 1.165) is 15.8 Å². The van der Waals surface area contributed by atoms with Gasteiger partial charge >= 0.3 is 0 Å². The third kappa shape index (κ3) is 4.41. The Morgan fingerprint density at radius 2 is 1.88 bits per heavy atom. The number of hydrogen-bond acceptors (Lipinski definition) is 7. The quantitative estimate of drug-likeness (QED) is 0.309. The molecule has 0 N–H and O–H groups in total. The highest BCUT2D eigenvalue weighted by Gasteiger charge is 2.32. The zero-order chi connectivity index (χ0) is 22.8. The molecule has 0 unspecified atom stereocenters. The zero-order valence-corrected chi connectivity index (χ0v) is 20.6. The first-order valence-corrected chi connectivity index (χ1v) is 12.1. The lowest BCUT2D eigenvalue weighted by Crippen LogP contribution is -2.40. The van der Waals surface area contributed by atoms with Crippen molar-refractivity contribution < 1.29 is 14.3 Å². The third-order valence-electron chi connectivity index (χ3n) is 5.55. The molecule has 0 saturated carbocycles. The van der Waals surface area contributed by atoms with Crippen LogP contribution in [0.5, 0.6) is 11.6 Å². The summed E-state index contributed by atoms with van der Waals surface area (Å²) in [5, 5.41) is 5.67. The Morgan fingerprint density at radius 1 is 1.06 bits per heavy atom. The normalized spacial score (nSPS) is 15.8. The van der Waals surface area contributed by atoms with Crippen molar-refractivity contribution in [3.63, 3.8) is 0 Å². The number of benzene rings is 2. The molecule has 0 amide bonds. The summed E-state index contributed by atoms with van der Waals surface area (Å²) in [7, 11) is 3.27. The van der Waals surface area contributed by atoms with E-state index in [1.54, 1.807) is 25.6 Å². The molecular formula is C25H22BrN3O3S. The highest BCUT2D eigenvalue weighted by atomic mass is 79.9. The minimum atomic E-state index is -0.00607. The molecule has 0 radical (unpaired) electrons. The molecule has 0 aliphatic carbocycles. The molecule has 3 heterocycles. The van der Waals surface area contributed by atoms with Gasteiger partial charge in [0.15, 0.2) is 5.84 Å². The second kappa shape index (κ2) is 9.41. The Bertz CT molecular complexity index is 1270. The summed E-state index contributed by atoms with van der Waals surface area (Å²) in [6.45, 7) is 1.10. The third-order valence-corrected chi connectivity index (χ3v) is 7.37. The smallest absolute Gasteiger partial charge is 0.228 e. The summed E-state index contributed by atoms with van der Waals surface area (Å²) in [6.07, 6.45) is 0. The minimum absolute atomic E-state index is 0.00607. The van der Waals surface area contributed by atoms with Gasteiger partial charge < -0.3 is 19.2 Å². The van der Waals surface area contributed by atoms with Crippen LogP contribution in [0.15, 0.2) is 76.4 Å². The van der Waals surface area contributed by atoms with Crippen molar-refractivity contribution >= 4 is 43.2 Å². The molecule has 2 aromatic carbocycles. The van der Waals surface area contributed by atoms with E-state index in [4.69, 9.17) is 14.3 Å². The lowest BCUT2D eigenvalue weighted by molar-refractivity contribution is 0.0594. The standard InChI is InChI=1S/C25H22BrN3O3S/c1-30-18-9-7-16(8-10-18)14-29-21(23-13-17-5-3-4-6-22(17)33-23)15-32-28-24(29)20-12-11-19(26)25(27-20)31-2/h3-13,21H,14-15H2,1-2H3/t21-/m1/s1. The molecule has 4 aromatic rings. The van der Waals surface area contributed by atoms with Crippen molar-refractivity contribution in [1.82, 2.24) is 9.88 Å². The number of ether oxygens (including phenoxy) is 2. The molecule has 6 nitrogen and oxygen atoms in total. The molecule has 33 heavy (non-hydrogen) atoms. The van der Waals surface area contributed by atoms with E-state index in [1.165, 1.54) is 15.0 Å². The summed E-state index contributed by atoms with van der Waals surface area (Å²) < 4.78 is 12.8. The highest BCUT2D eigenvalue weighted by Crippen LogP contribution is 2.36. The van der Waals surface area contributed by atoms with Gasteiger partial charge in [-0.2, -0.15) is 0 Å². The van der Waals surface area contributed by atoms with E-state index >= 15 is 0 Å². The highest BCUT2D eigenvalue weighted by molar-refractivity contribution is 9.10. The number of halogens is 1. The van der Waals surface area contributed by atoms with Crippen molar-refractivity contribution in [2.75, 3.05) is 20.8 Å². The van der Waals surface area contributed by atoms with Gasteiger partial charge in [-0.25, -0.2) is 4.98 Å². The first-order valence-electron chi connectivity index (χ1n) is 10.4. The Hall–Kier alpha value is -3.10. The summed E-state index contributed by atoms with van der Waals surface area (Å²) in [5.41, 5.74) is 1.83. The predicted octanol–water partition coefficient (Wildman–Crippen LogP) is 6.01. The average molecular weight is 524 g/mol. The fourth-order valence-electron chi connectivity index (χ4n) is 3.86. The van der Waals surface area contributed by atoms with Crippen LogP contribution in [0, 0.1) is 0 Å². The molecule has 0 saturated heterocycles. The van der Waals surface area contributed by atoms with E-state index in [9.17, 15) is 0 Å². The number of amidine groups is 1. The van der Waals surface area contributed by atoms with E-state index in [0.29, 0.717) is 30.6 Å². The molecule has 5 rings (SSSR count). The van der Waals surface area contributed by atoms with Crippen LogP contribution in [0.25, 0.3) is 10.1 Å². The van der Waals surface area contributed by atoms with E-state index in [2.05, 4.69) is 73.4 Å². The number of nitrogens with zero attached hydrogens (tertiary/aromatic N) is 3. The molecular weight excluding hydrogens is 502 g/mol. The number of thiophene rings is 1. The van der Waals surface area contributed by atoms with Crippen molar-refractivity contribution in [1.29, 1.82) is 0 Å². The van der Waals surface area contributed by atoms with Crippen molar-refractivity contribution in [3.05, 3.63) is 87.3 Å². The number of fused-ring (bicyclic) bond motifs is 1. The maximum atomic E-state index is 5.75. The van der Waals surface area contributed by atoms with Gasteiger partial charge in [0.1, 0.15) is 24.1 Å². The molecule has 1 aliphatic heterocycles. The van der Waals surface area contributed by atoms with Crippen LogP contribution in [-0.4, -0.2) is 36.5 Å². The van der Waals surface area contributed by atoms with Crippen molar-refractivity contribution in [2.24, 2.45) is 5.16 Å². The fraction of sp³-hybridized carbons (Fsp3) is 0.200. The summed E-state index contributed by atoms with van der Waals surface area (Å²) >= 11 is 5.27. The molecule has 8 heteroatoms. The lowest BCUT2D eigenvalue weighted by atomic mass is 10.1. The summed E-state index contributed by atoms with van der Waals surface area (Å²) in [5.74, 6) is 2.00. The Kier molecular flexibility index (Phi) is 6.20. The van der Waals surface area contributed by atoms with Gasteiger partial charge in [0, 0.05) is 16.1 Å². The number of aromatic nitrogens is 1. The predicted molar refractivity (Wildman–Crippen MR) is 134 cm³/mol. The average Bonchev–Trinajstić information content (AvgIpc) is 3.29. The topological polar surface area (TPSA) is 56.2 Å². The van der Waals surface area contributed by atoms with Gasteiger partial charge in [-0.05, 0) is 63.3 Å². The van der Waals surface area contributed by atoms with Gasteiger partial charge in [0.25, 0.3) is 0 Å². The number of pyridine rings is 1. The maximum Gasteiger partial charge on any atom is 0.228 e. The van der Waals surface area contributed by atoms with Crippen LogP contribution < -0.4 is 9.47 Å². The molecule has 0 bridgehead atoms.